The lowest BCUT2D eigenvalue weighted by Gasteiger charge is -2.32. The number of hydrogen-bond donors (Lipinski definition) is 0. The lowest BCUT2D eigenvalue weighted by atomic mass is 9.71. The molecule has 0 bridgehead atoms. The van der Waals surface area contributed by atoms with Crippen molar-refractivity contribution in [3.8, 4) is 34.2 Å². The lowest BCUT2D eigenvalue weighted by Crippen LogP contribution is -2.17. The summed E-state index contributed by atoms with van der Waals surface area (Å²) in [5.41, 5.74) is 9.48. The van der Waals surface area contributed by atoms with Crippen molar-refractivity contribution in [2.45, 2.75) is 5.92 Å². The molecule has 0 spiro atoms. The van der Waals surface area contributed by atoms with Crippen LogP contribution in [0.1, 0.15) is 22.6 Å². The van der Waals surface area contributed by atoms with Gasteiger partial charge in [0.15, 0.2) is 17.5 Å². The van der Waals surface area contributed by atoms with Crippen LogP contribution in [0.5, 0.6) is 0 Å². The molecule has 0 radical (unpaired) electrons. The molecule has 0 N–H and O–H groups in total. The van der Waals surface area contributed by atoms with E-state index in [0.717, 1.165) is 49.6 Å². The summed E-state index contributed by atoms with van der Waals surface area (Å²) in [6, 6.07) is 46.2. The van der Waals surface area contributed by atoms with Crippen LogP contribution in [-0.4, -0.2) is 15.0 Å². The monoisotopic (exact) mass is 627 g/mol. The Kier molecular flexibility index (Phi) is 6.28. The Bertz CT molecular complexity index is 2680. The van der Waals surface area contributed by atoms with Crippen molar-refractivity contribution in [2.75, 3.05) is 0 Å². The summed E-state index contributed by atoms with van der Waals surface area (Å²) in [6.07, 6.45) is 11.3. The first-order valence-electron chi connectivity index (χ1n) is 16.7. The summed E-state index contributed by atoms with van der Waals surface area (Å²) in [5.74, 6) is 2.39. The molecule has 2 unspecified atom stereocenters. The van der Waals surface area contributed by atoms with Crippen LogP contribution in [-0.2, 0) is 0 Å². The number of benzene rings is 6. The van der Waals surface area contributed by atoms with E-state index in [1.807, 2.05) is 42.5 Å². The standard InChI is InChI=1S/C45H29N3O/c1-2-13-29(14-3-1)43-46-44(32-25-24-28-12-4-5-15-30(28)26-32)48-45(47-43)38-22-11-23-40-41(38)37-21-10-20-36(42(37)49-40)39-27-31-16-6-7-17-33(31)34-18-8-9-19-35(34)39/h1-27,34-35H. The van der Waals surface area contributed by atoms with Gasteiger partial charge in [-0.1, -0.05) is 152 Å². The number of nitrogens with zero attached hydrogens (tertiary/aromatic N) is 3. The van der Waals surface area contributed by atoms with Gasteiger partial charge in [0.25, 0.3) is 0 Å². The van der Waals surface area contributed by atoms with Crippen molar-refractivity contribution in [1.82, 2.24) is 15.0 Å². The molecule has 8 aromatic rings. The van der Waals surface area contributed by atoms with Gasteiger partial charge < -0.3 is 4.42 Å². The van der Waals surface area contributed by atoms with Crippen LogP contribution in [0.15, 0.2) is 162 Å². The number of para-hydroxylation sites is 1. The molecule has 2 aromatic heterocycles. The summed E-state index contributed by atoms with van der Waals surface area (Å²) in [4.78, 5) is 15.2. The van der Waals surface area contributed by atoms with E-state index >= 15 is 0 Å². The predicted octanol–water partition coefficient (Wildman–Crippen LogP) is 11.3. The Morgan fingerprint density at radius 1 is 0.510 bits per heavy atom. The van der Waals surface area contributed by atoms with Crippen LogP contribution in [0.4, 0.5) is 0 Å². The van der Waals surface area contributed by atoms with Gasteiger partial charge in [-0.05, 0) is 39.6 Å². The molecule has 2 aliphatic carbocycles. The van der Waals surface area contributed by atoms with Gasteiger partial charge in [0.2, 0.25) is 0 Å². The molecule has 0 fully saturated rings. The van der Waals surface area contributed by atoms with E-state index in [1.54, 1.807) is 0 Å². The van der Waals surface area contributed by atoms with Crippen molar-refractivity contribution < 1.29 is 4.42 Å². The highest BCUT2D eigenvalue weighted by atomic mass is 16.3. The SMILES string of the molecule is C1=CC2C(c3cccc4c3oc3cccc(-c5nc(-c6ccccc6)nc(-c6ccc7ccccc7c6)n5)c34)=Cc3ccccc3C2C=C1. The zero-order chi connectivity index (χ0) is 32.3. The van der Waals surface area contributed by atoms with E-state index in [9.17, 15) is 0 Å². The van der Waals surface area contributed by atoms with E-state index in [2.05, 4.69) is 121 Å². The molecular weight excluding hydrogens is 599 g/mol. The molecule has 2 aliphatic rings. The first-order chi connectivity index (χ1) is 24.3. The minimum atomic E-state index is 0.222. The maximum atomic E-state index is 6.79. The largest absolute Gasteiger partial charge is 0.455 e. The van der Waals surface area contributed by atoms with E-state index in [1.165, 1.54) is 22.1 Å². The van der Waals surface area contributed by atoms with Crippen LogP contribution in [0.25, 0.3) is 78.5 Å². The second-order valence-electron chi connectivity index (χ2n) is 12.7. The number of hydrogen-bond acceptors (Lipinski definition) is 4. The van der Waals surface area contributed by atoms with Gasteiger partial charge in [-0.15, -0.1) is 0 Å². The maximum Gasteiger partial charge on any atom is 0.164 e. The maximum absolute atomic E-state index is 6.79. The van der Waals surface area contributed by atoms with Gasteiger partial charge in [-0.2, -0.15) is 0 Å². The molecule has 2 atom stereocenters. The van der Waals surface area contributed by atoms with Crippen molar-refractivity contribution in [1.29, 1.82) is 0 Å². The lowest BCUT2D eigenvalue weighted by molar-refractivity contribution is 0.663. The minimum Gasteiger partial charge on any atom is -0.455 e. The van der Waals surface area contributed by atoms with Crippen LogP contribution >= 0.6 is 0 Å². The van der Waals surface area contributed by atoms with Crippen LogP contribution in [0.2, 0.25) is 0 Å². The Hall–Kier alpha value is -6.39. The van der Waals surface area contributed by atoms with E-state index in [0.29, 0.717) is 17.5 Å². The molecule has 0 saturated carbocycles. The third kappa shape index (κ3) is 4.56. The smallest absolute Gasteiger partial charge is 0.164 e. The molecule has 0 amide bonds. The van der Waals surface area contributed by atoms with Gasteiger partial charge >= 0.3 is 0 Å². The number of rotatable bonds is 4. The van der Waals surface area contributed by atoms with Gasteiger partial charge in [0, 0.05) is 44.9 Å². The Morgan fingerprint density at radius 3 is 2.12 bits per heavy atom. The third-order valence-electron chi connectivity index (χ3n) is 9.91. The summed E-state index contributed by atoms with van der Waals surface area (Å²) in [5, 5.41) is 4.37. The number of aromatic nitrogens is 3. The molecule has 0 aliphatic heterocycles. The fourth-order valence-electron chi connectivity index (χ4n) is 7.60. The summed E-state index contributed by atoms with van der Waals surface area (Å²) in [7, 11) is 0. The van der Waals surface area contributed by atoms with Crippen molar-refractivity contribution in [3.05, 3.63) is 174 Å². The van der Waals surface area contributed by atoms with Crippen LogP contribution in [0.3, 0.4) is 0 Å². The van der Waals surface area contributed by atoms with Crippen LogP contribution in [0, 0.1) is 5.92 Å². The fourth-order valence-corrected chi connectivity index (χ4v) is 7.60. The van der Waals surface area contributed by atoms with Crippen molar-refractivity contribution in [2.24, 2.45) is 5.92 Å². The minimum absolute atomic E-state index is 0.222. The summed E-state index contributed by atoms with van der Waals surface area (Å²) < 4.78 is 6.79. The highest BCUT2D eigenvalue weighted by molar-refractivity contribution is 6.14. The molecule has 2 heterocycles. The second-order valence-corrected chi connectivity index (χ2v) is 12.7. The zero-order valence-corrected chi connectivity index (χ0v) is 26.5. The predicted molar refractivity (Wildman–Crippen MR) is 200 cm³/mol. The first-order valence-corrected chi connectivity index (χ1v) is 16.7. The molecule has 6 aromatic carbocycles. The molecule has 0 saturated heterocycles. The molecule has 4 nitrogen and oxygen atoms in total. The number of furan rings is 1. The number of fused-ring (bicyclic) bond motifs is 7. The van der Waals surface area contributed by atoms with Gasteiger partial charge in [-0.25, -0.2) is 15.0 Å². The fraction of sp³-hybridized carbons (Fsp3) is 0.0444. The Balaban J connectivity index is 1.19. The first kappa shape index (κ1) is 27.7. The Labute approximate surface area is 283 Å². The molecule has 230 valence electrons. The molecule has 10 rings (SSSR count). The van der Waals surface area contributed by atoms with Crippen molar-refractivity contribution >= 4 is 44.4 Å². The molecular formula is C45H29N3O. The van der Waals surface area contributed by atoms with Gasteiger partial charge in [0.05, 0.1) is 0 Å². The van der Waals surface area contributed by atoms with Crippen molar-refractivity contribution in [3.63, 3.8) is 0 Å². The highest BCUT2D eigenvalue weighted by Gasteiger charge is 2.31. The topological polar surface area (TPSA) is 51.8 Å². The second kappa shape index (κ2) is 11.1. The summed E-state index contributed by atoms with van der Waals surface area (Å²) in [6.45, 7) is 0. The normalized spacial score (nSPS) is 16.5. The van der Waals surface area contributed by atoms with Crippen LogP contribution < -0.4 is 0 Å². The summed E-state index contributed by atoms with van der Waals surface area (Å²) >= 11 is 0. The zero-order valence-electron chi connectivity index (χ0n) is 26.5. The average molecular weight is 628 g/mol. The van der Waals surface area contributed by atoms with Gasteiger partial charge in [-0.3, -0.25) is 0 Å². The average Bonchev–Trinajstić information content (AvgIpc) is 3.57. The molecule has 4 heteroatoms. The quantitative estimate of drug-likeness (QED) is 0.195. The number of allylic oxidation sites excluding steroid dienone is 5. The van der Waals surface area contributed by atoms with Gasteiger partial charge in [0.1, 0.15) is 11.2 Å². The Morgan fingerprint density at radius 2 is 1.22 bits per heavy atom. The van der Waals surface area contributed by atoms with E-state index in [-0.39, 0.29) is 11.8 Å². The van der Waals surface area contributed by atoms with E-state index < -0.39 is 0 Å². The van der Waals surface area contributed by atoms with E-state index in [4.69, 9.17) is 19.4 Å². The molecule has 49 heavy (non-hydrogen) atoms. The third-order valence-corrected chi connectivity index (χ3v) is 9.91. The highest BCUT2D eigenvalue weighted by Crippen LogP contribution is 2.48.